The minimum Gasteiger partial charge on any atom is -0.382 e. The molecule has 2 atom stereocenters. The summed E-state index contributed by atoms with van der Waals surface area (Å²) in [6.45, 7) is 1.07. The number of fused-ring (bicyclic) bond motifs is 1. The zero-order valence-corrected chi connectivity index (χ0v) is 18.0. The molecule has 1 saturated carbocycles. The van der Waals surface area contributed by atoms with Crippen molar-refractivity contribution in [1.82, 2.24) is 20.4 Å². The van der Waals surface area contributed by atoms with Crippen molar-refractivity contribution in [3.8, 4) is 0 Å². The van der Waals surface area contributed by atoms with E-state index in [9.17, 15) is 9.59 Å². The molecule has 2 saturated heterocycles. The van der Waals surface area contributed by atoms with Gasteiger partial charge >= 0.3 is 0 Å². The molecule has 3 fully saturated rings. The Kier molecular flexibility index (Phi) is 6.13. The molecule has 0 bridgehead atoms. The first-order chi connectivity index (χ1) is 13.0. The molecule has 158 valence electrons. The van der Waals surface area contributed by atoms with Crippen LogP contribution >= 0.6 is 24.8 Å². The van der Waals surface area contributed by atoms with E-state index >= 15 is 0 Å². The summed E-state index contributed by atoms with van der Waals surface area (Å²) in [5.74, 6) is -0.791. The second-order valence-electron chi connectivity index (χ2n) is 8.29. The second kappa shape index (κ2) is 8.13. The number of halogens is 2. The van der Waals surface area contributed by atoms with E-state index in [1.165, 1.54) is 19.3 Å². The van der Waals surface area contributed by atoms with Gasteiger partial charge in [0.05, 0.1) is 17.1 Å². The molecule has 29 heavy (non-hydrogen) atoms. The van der Waals surface area contributed by atoms with E-state index in [1.54, 1.807) is 0 Å². The van der Waals surface area contributed by atoms with Gasteiger partial charge < -0.3 is 10.6 Å². The highest BCUT2D eigenvalue weighted by molar-refractivity contribution is 6.02. The van der Waals surface area contributed by atoms with Crippen LogP contribution in [0.5, 0.6) is 0 Å². The van der Waals surface area contributed by atoms with E-state index in [-0.39, 0.29) is 42.5 Å². The van der Waals surface area contributed by atoms with E-state index in [2.05, 4.69) is 39.2 Å². The van der Waals surface area contributed by atoms with Gasteiger partial charge in [-0.15, -0.1) is 24.8 Å². The van der Waals surface area contributed by atoms with Gasteiger partial charge in [-0.25, -0.2) is 0 Å². The number of hydrogen-bond donors (Lipinski definition) is 3. The van der Waals surface area contributed by atoms with Crippen LogP contribution in [0.15, 0.2) is 18.2 Å². The highest BCUT2D eigenvalue weighted by Gasteiger charge is 2.45. The lowest BCUT2D eigenvalue weighted by Gasteiger charge is -2.31. The van der Waals surface area contributed by atoms with Gasteiger partial charge in [-0.2, -0.15) is 5.10 Å². The molecular formula is C20H27Cl2N5O2. The molecule has 0 radical (unpaired) electrons. The van der Waals surface area contributed by atoms with Gasteiger partial charge in [-0.05, 0) is 56.8 Å². The third kappa shape index (κ3) is 4.09. The predicted octanol–water partition coefficient (Wildman–Crippen LogP) is 2.63. The van der Waals surface area contributed by atoms with Crippen LogP contribution in [-0.4, -0.2) is 39.7 Å². The lowest BCUT2D eigenvalue weighted by Crippen LogP contribution is -2.44. The molecule has 3 heterocycles. The molecule has 2 unspecified atom stereocenters. The van der Waals surface area contributed by atoms with Crippen LogP contribution in [-0.2, 0) is 16.6 Å². The highest BCUT2D eigenvalue weighted by Crippen LogP contribution is 2.42. The minimum absolute atomic E-state index is 0. The van der Waals surface area contributed by atoms with Gasteiger partial charge in [-0.3, -0.25) is 19.6 Å². The molecule has 3 aliphatic rings. The van der Waals surface area contributed by atoms with Gasteiger partial charge in [0, 0.05) is 36.1 Å². The van der Waals surface area contributed by atoms with Crippen LogP contribution in [0, 0.1) is 0 Å². The molecule has 7 nitrogen and oxygen atoms in total. The number of aromatic nitrogens is 2. The highest BCUT2D eigenvalue weighted by atomic mass is 35.5. The molecule has 5 rings (SSSR count). The SMILES string of the molecule is Cl.Cl.Cn1nc(C2CCC(=O)NC2=O)c2ccc(NC3CCNC4(CC4)C3)cc21. The number of hydrogen-bond acceptors (Lipinski definition) is 5. The van der Waals surface area contributed by atoms with Gasteiger partial charge in [0.2, 0.25) is 11.8 Å². The molecule has 1 aliphatic carbocycles. The normalized spacial score (nSPS) is 25.1. The Morgan fingerprint density at radius 2 is 2.00 bits per heavy atom. The molecule has 1 aromatic heterocycles. The van der Waals surface area contributed by atoms with Gasteiger partial charge in [-0.1, -0.05) is 0 Å². The number of imide groups is 1. The summed E-state index contributed by atoms with van der Waals surface area (Å²) in [5, 5.41) is 15.4. The Hall–Kier alpha value is -1.83. The zero-order chi connectivity index (χ0) is 18.6. The molecule has 2 aromatic rings. The fraction of sp³-hybridized carbons (Fsp3) is 0.550. The maximum atomic E-state index is 12.3. The number of nitrogens with one attached hydrogen (secondary N) is 3. The van der Waals surface area contributed by atoms with Gasteiger partial charge in [0.25, 0.3) is 0 Å². The van der Waals surface area contributed by atoms with Crippen molar-refractivity contribution >= 4 is 53.2 Å². The third-order valence-electron chi connectivity index (χ3n) is 6.30. The summed E-state index contributed by atoms with van der Waals surface area (Å²) in [5.41, 5.74) is 3.27. The number of aryl methyl sites for hydroxylation is 1. The van der Waals surface area contributed by atoms with Crippen LogP contribution < -0.4 is 16.0 Å². The summed E-state index contributed by atoms with van der Waals surface area (Å²) in [7, 11) is 1.91. The number of rotatable bonds is 3. The molecule has 9 heteroatoms. The quantitative estimate of drug-likeness (QED) is 0.639. The Morgan fingerprint density at radius 3 is 2.72 bits per heavy atom. The van der Waals surface area contributed by atoms with Crippen molar-refractivity contribution in [2.75, 3.05) is 11.9 Å². The van der Waals surface area contributed by atoms with E-state index in [0.29, 0.717) is 24.4 Å². The maximum Gasteiger partial charge on any atom is 0.235 e. The topological polar surface area (TPSA) is 88.0 Å². The number of carbonyl (C=O) groups is 2. The summed E-state index contributed by atoms with van der Waals surface area (Å²) in [6.07, 6.45) is 5.78. The maximum absolute atomic E-state index is 12.3. The largest absolute Gasteiger partial charge is 0.382 e. The third-order valence-corrected chi connectivity index (χ3v) is 6.30. The predicted molar refractivity (Wildman–Crippen MR) is 117 cm³/mol. The molecule has 1 spiro atoms. The van der Waals surface area contributed by atoms with Crippen molar-refractivity contribution in [3.63, 3.8) is 0 Å². The first-order valence-corrected chi connectivity index (χ1v) is 9.85. The molecule has 2 amide bonds. The Morgan fingerprint density at radius 1 is 1.21 bits per heavy atom. The van der Waals surface area contributed by atoms with Crippen molar-refractivity contribution in [3.05, 3.63) is 23.9 Å². The van der Waals surface area contributed by atoms with Crippen LogP contribution in [0.4, 0.5) is 5.69 Å². The Bertz CT molecular complexity index is 940. The first kappa shape index (κ1) is 21.9. The summed E-state index contributed by atoms with van der Waals surface area (Å²) in [6, 6.07) is 6.76. The lowest BCUT2D eigenvalue weighted by atomic mass is 9.92. The van der Waals surface area contributed by atoms with Crippen molar-refractivity contribution in [1.29, 1.82) is 0 Å². The average Bonchev–Trinajstić information content (AvgIpc) is 3.30. The van der Waals surface area contributed by atoms with Gasteiger partial charge in [0.15, 0.2) is 0 Å². The molecule has 1 aromatic carbocycles. The monoisotopic (exact) mass is 439 g/mol. The van der Waals surface area contributed by atoms with Crippen molar-refractivity contribution in [2.45, 2.75) is 56.0 Å². The summed E-state index contributed by atoms with van der Waals surface area (Å²) >= 11 is 0. The van der Waals surface area contributed by atoms with Crippen molar-refractivity contribution in [2.24, 2.45) is 7.05 Å². The summed E-state index contributed by atoms with van der Waals surface area (Å²) < 4.78 is 1.84. The van der Waals surface area contributed by atoms with Crippen LogP contribution in [0.25, 0.3) is 10.9 Å². The molecule has 2 aliphatic heterocycles. The Balaban J connectivity index is 0.00000120. The van der Waals surface area contributed by atoms with Crippen molar-refractivity contribution < 1.29 is 9.59 Å². The standard InChI is InChI=1S/C20H25N5O2.2ClH/c1-25-16-10-12(22-13-6-9-21-20(11-13)7-8-20)2-3-14(16)18(24-25)15-4-5-17(26)23-19(15)27;;/h2-3,10,13,15,21-22H,4-9,11H2,1H3,(H,23,26,27);2*1H. The fourth-order valence-corrected chi connectivity index (χ4v) is 4.64. The smallest absolute Gasteiger partial charge is 0.235 e. The number of piperidine rings is 2. The minimum atomic E-state index is -0.357. The number of carbonyl (C=O) groups excluding carboxylic acids is 2. The van der Waals surface area contributed by atoms with Crippen LogP contribution in [0.1, 0.15) is 50.1 Å². The van der Waals surface area contributed by atoms with E-state index in [4.69, 9.17) is 0 Å². The second-order valence-corrected chi connectivity index (χ2v) is 8.29. The van der Waals surface area contributed by atoms with Crippen LogP contribution in [0.2, 0.25) is 0 Å². The van der Waals surface area contributed by atoms with E-state index in [1.807, 2.05) is 11.7 Å². The first-order valence-electron chi connectivity index (χ1n) is 9.85. The molecular weight excluding hydrogens is 413 g/mol. The molecule has 3 N–H and O–H groups in total. The lowest BCUT2D eigenvalue weighted by molar-refractivity contribution is -0.134. The summed E-state index contributed by atoms with van der Waals surface area (Å²) in [4.78, 5) is 23.7. The number of nitrogens with zero attached hydrogens (tertiary/aromatic N) is 2. The number of anilines is 1. The van der Waals surface area contributed by atoms with Gasteiger partial charge in [0.1, 0.15) is 0 Å². The van der Waals surface area contributed by atoms with E-state index < -0.39 is 0 Å². The fourth-order valence-electron chi connectivity index (χ4n) is 4.64. The number of benzene rings is 1. The van der Waals surface area contributed by atoms with Crippen LogP contribution in [0.3, 0.4) is 0 Å². The average molecular weight is 440 g/mol. The number of amides is 2. The Labute approximate surface area is 182 Å². The van der Waals surface area contributed by atoms with E-state index in [0.717, 1.165) is 35.2 Å². The zero-order valence-electron chi connectivity index (χ0n) is 16.4.